The Labute approximate surface area is 175 Å². The number of ether oxygens (including phenoxy) is 2. The SMILES string of the molecule is COc1ccc(CN2CC(N3CCCCC3)C2)c(OC[C@@H](O)CN2CCCC2)c1. The van der Waals surface area contributed by atoms with E-state index in [9.17, 15) is 5.11 Å². The van der Waals surface area contributed by atoms with Gasteiger partial charge in [0, 0.05) is 43.9 Å². The van der Waals surface area contributed by atoms with Gasteiger partial charge >= 0.3 is 0 Å². The number of rotatable bonds is 9. The van der Waals surface area contributed by atoms with Crippen molar-refractivity contribution < 1.29 is 14.6 Å². The molecule has 0 saturated carbocycles. The number of nitrogens with zero attached hydrogens (tertiary/aromatic N) is 3. The van der Waals surface area contributed by atoms with E-state index >= 15 is 0 Å². The quantitative estimate of drug-likeness (QED) is 0.682. The van der Waals surface area contributed by atoms with Gasteiger partial charge < -0.3 is 19.5 Å². The second kappa shape index (κ2) is 10.1. The van der Waals surface area contributed by atoms with Crippen LogP contribution in [0.3, 0.4) is 0 Å². The lowest BCUT2D eigenvalue weighted by Gasteiger charge is -2.47. The molecule has 0 bridgehead atoms. The lowest BCUT2D eigenvalue weighted by atomic mass is 10.0. The maximum atomic E-state index is 10.4. The van der Waals surface area contributed by atoms with Gasteiger partial charge in [-0.2, -0.15) is 0 Å². The molecule has 3 fully saturated rings. The van der Waals surface area contributed by atoms with Crippen LogP contribution in [0.1, 0.15) is 37.7 Å². The van der Waals surface area contributed by atoms with E-state index in [0.29, 0.717) is 13.2 Å². The molecular weight excluding hydrogens is 366 g/mol. The second-order valence-electron chi connectivity index (χ2n) is 8.89. The fourth-order valence-electron chi connectivity index (χ4n) is 4.86. The molecule has 1 aromatic rings. The summed E-state index contributed by atoms with van der Waals surface area (Å²) in [5.41, 5.74) is 1.18. The Bertz CT molecular complexity index is 638. The first kappa shape index (κ1) is 20.9. The summed E-state index contributed by atoms with van der Waals surface area (Å²) in [5, 5.41) is 10.4. The van der Waals surface area contributed by atoms with E-state index in [2.05, 4.69) is 20.8 Å². The van der Waals surface area contributed by atoms with E-state index in [0.717, 1.165) is 50.3 Å². The lowest BCUT2D eigenvalue weighted by Crippen LogP contribution is -2.59. The van der Waals surface area contributed by atoms with Crippen molar-refractivity contribution in [2.75, 3.05) is 59.5 Å². The van der Waals surface area contributed by atoms with Crippen LogP contribution in [0.15, 0.2) is 18.2 Å². The zero-order valence-corrected chi connectivity index (χ0v) is 17.9. The summed E-state index contributed by atoms with van der Waals surface area (Å²) in [5.74, 6) is 1.64. The van der Waals surface area contributed by atoms with Gasteiger partial charge in [-0.3, -0.25) is 9.80 Å². The largest absolute Gasteiger partial charge is 0.497 e. The normalized spacial score (nSPS) is 23.1. The minimum Gasteiger partial charge on any atom is -0.497 e. The van der Waals surface area contributed by atoms with Gasteiger partial charge in [0.2, 0.25) is 0 Å². The van der Waals surface area contributed by atoms with Crippen LogP contribution in [-0.4, -0.2) is 91.5 Å². The van der Waals surface area contributed by atoms with Crippen LogP contribution < -0.4 is 9.47 Å². The molecule has 3 aliphatic heterocycles. The van der Waals surface area contributed by atoms with Crippen molar-refractivity contribution in [2.24, 2.45) is 0 Å². The number of β-amino-alcohol motifs (C(OH)–C–C–N with tert-alkyl or cyclic N) is 1. The first-order valence-electron chi connectivity index (χ1n) is 11.4. The van der Waals surface area contributed by atoms with E-state index in [4.69, 9.17) is 9.47 Å². The minimum atomic E-state index is -0.459. The molecule has 6 heteroatoms. The maximum absolute atomic E-state index is 10.4. The van der Waals surface area contributed by atoms with Crippen molar-refractivity contribution in [1.29, 1.82) is 0 Å². The third kappa shape index (κ3) is 5.63. The van der Waals surface area contributed by atoms with Crippen LogP contribution in [0, 0.1) is 0 Å². The molecule has 1 N–H and O–H groups in total. The highest BCUT2D eigenvalue weighted by Crippen LogP contribution is 2.29. The van der Waals surface area contributed by atoms with E-state index in [1.165, 1.54) is 50.8 Å². The zero-order chi connectivity index (χ0) is 20.1. The Kier molecular flexibility index (Phi) is 7.29. The standard InChI is InChI=1S/C23H37N3O3/c1-28-22-8-7-19(14-25-15-20(16-25)26-11-3-2-4-12-26)23(13-22)29-18-21(27)17-24-9-5-6-10-24/h7-8,13,20-21,27H,2-6,9-12,14-18H2,1H3/t21-/m0/s1. The number of hydrogen-bond acceptors (Lipinski definition) is 6. The number of aliphatic hydroxyl groups is 1. The summed E-state index contributed by atoms with van der Waals surface area (Å²) >= 11 is 0. The molecule has 1 atom stereocenters. The molecule has 0 unspecified atom stereocenters. The molecule has 0 amide bonds. The van der Waals surface area contributed by atoms with Crippen molar-refractivity contribution in [1.82, 2.24) is 14.7 Å². The monoisotopic (exact) mass is 403 g/mol. The molecule has 3 heterocycles. The molecule has 0 aliphatic carbocycles. The highest BCUT2D eigenvalue weighted by atomic mass is 16.5. The van der Waals surface area contributed by atoms with Gasteiger partial charge in [-0.15, -0.1) is 0 Å². The van der Waals surface area contributed by atoms with Crippen LogP contribution in [0.5, 0.6) is 11.5 Å². The van der Waals surface area contributed by atoms with Gasteiger partial charge in [-0.1, -0.05) is 12.5 Å². The Morgan fingerprint density at radius 2 is 1.72 bits per heavy atom. The number of piperidine rings is 1. The minimum absolute atomic E-state index is 0.326. The Balaban J connectivity index is 1.29. The molecule has 1 aromatic carbocycles. The van der Waals surface area contributed by atoms with Crippen LogP contribution in [0.4, 0.5) is 0 Å². The molecule has 3 saturated heterocycles. The summed E-state index contributed by atoms with van der Waals surface area (Å²) in [7, 11) is 1.68. The second-order valence-corrected chi connectivity index (χ2v) is 8.89. The van der Waals surface area contributed by atoms with Gasteiger partial charge in [-0.25, -0.2) is 0 Å². The van der Waals surface area contributed by atoms with E-state index in [-0.39, 0.29) is 0 Å². The number of benzene rings is 1. The average molecular weight is 404 g/mol. The van der Waals surface area contributed by atoms with Gasteiger partial charge in [0.05, 0.1) is 7.11 Å². The molecule has 0 radical (unpaired) electrons. The molecule has 0 aromatic heterocycles. The molecule has 4 rings (SSSR count). The third-order valence-electron chi connectivity index (χ3n) is 6.61. The topological polar surface area (TPSA) is 48.4 Å². The molecule has 0 spiro atoms. The predicted molar refractivity (Wildman–Crippen MR) is 115 cm³/mol. The van der Waals surface area contributed by atoms with Crippen LogP contribution in [-0.2, 0) is 6.54 Å². The van der Waals surface area contributed by atoms with Crippen molar-refractivity contribution >= 4 is 0 Å². The smallest absolute Gasteiger partial charge is 0.127 e. The van der Waals surface area contributed by atoms with Crippen molar-refractivity contribution in [3.05, 3.63) is 23.8 Å². The maximum Gasteiger partial charge on any atom is 0.127 e. The third-order valence-corrected chi connectivity index (χ3v) is 6.61. The number of hydrogen-bond donors (Lipinski definition) is 1. The highest BCUT2D eigenvalue weighted by molar-refractivity contribution is 5.41. The number of likely N-dealkylation sites (tertiary alicyclic amines) is 3. The molecular formula is C23H37N3O3. The van der Waals surface area contributed by atoms with E-state index < -0.39 is 6.10 Å². The Hall–Kier alpha value is -1.34. The lowest BCUT2D eigenvalue weighted by molar-refractivity contribution is 0.0177. The fourth-order valence-corrected chi connectivity index (χ4v) is 4.86. The van der Waals surface area contributed by atoms with Gasteiger partial charge in [0.15, 0.2) is 0 Å². The molecule has 162 valence electrons. The first-order valence-corrected chi connectivity index (χ1v) is 11.4. The first-order chi connectivity index (χ1) is 14.2. The van der Waals surface area contributed by atoms with Crippen molar-refractivity contribution in [2.45, 2.75) is 50.8 Å². The summed E-state index contributed by atoms with van der Waals surface area (Å²) in [6, 6.07) is 6.79. The number of aliphatic hydroxyl groups excluding tert-OH is 1. The van der Waals surface area contributed by atoms with E-state index in [1.54, 1.807) is 7.11 Å². The summed E-state index contributed by atoms with van der Waals surface area (Å²) in [4.78, 5) is 7.48. The fraction of sp³-hybridized carbons (Fsp3) is 0.739. The highest BCUT2D eigenvalue weighted by Gasteiger charge is 2.32. The molecule has 29 heavy (non-hydrogen) atoms. The van der Waals surface area contributed by atoms with Crippen LogP contribution >= 0.6 is 0 Å². The van der Waals surface area contributed by atoms with Crippen molar-refractivity contribution in [3.8, 4) is 11.5 Å². The molecule has 6 nitrogen and oxygen atoms in total. The Morgan fingerprint density at radius 1 is 1.00 bits per heavy atom. The van der Waals surface area contributed by atoms with E-state index in [1.807, 2.05) is 12.1 Å². The van der Waals surface area contributed by atoms with Gasteiger partial charge in [0.25, 0.3) is 0 Å². The average Bonchev–Trinajstić information content (AvgIpc) is 3.23. The summed E-state index contributed by atoms with van der Waals surface area (Å²) in [6.07, 6.45) is 6.12. The van der Waals surface area contributed by atoms with Crippen molar-refractivity contribution in [3.63, 3.8) is 0 Å². The zero-order valence-electron chi connectivity index (χ0n) is 17.9. The van der Waals surface area contributed by atoms with Crippen LogP contribution in [0.25, 0.3) is 0 Å². The summed E-state index contributed by atoms with van der Waals surface area (Å²) in [6.45, 7) is 8.92. The predicted octanol–water partition coefficient (Wildman–Crippen LogP) is 2.20. The number of methoxy groups -OCH3 is 1. The van der Waals surface area contributed by atoms with Gasteiger partial charge in [-0.05, 0) is 57.9 Å². The van der Waals surface area contributed by atoms with Crippen LogP contribution in [0.2, 0.25) is 0 Å². The Morgan fingerprint density at radius 3 is 2.45 bits per heavy atom. The molecule has 3 aliphatic rings. The van der Waals surface area contributed by atoms with Gasteiger partial charge in [0.1, 0.15) is 24.2 Å². The summed E-state index contributed by atoms with van der Waals surface area (Å²) < 4.78 is 11.5.